The molecule has 0 saturated carbocycles. The van der Waals surface area contributed by atoms with Crippen molar-refractivity contribution in [2.24, 2.45) is 0 Å². The molecule has 0 N–H and O–H groups in total. The molecule has 0 aromatic heterocycles. The first-order valence-corrected chi connectivity index (χ1v) is 7.73. The number of hydrogen-bond acceptors (Lipinski definition) is 5. The molecule has 124 valence electrons. The average Bonchev–Trinajstić information content (AvgIpc) is 2.62. The molecule has 0 aliphatic rings. The van der Waals surface area contributed by atoms with Gasteiger partial charge >= 0.3 is 5.97 Å². The molecule has 0 aliphatic carbocycles. The van der Waals surface area contributed by atoms with E-state index in [1.54, 1.807) is 42.5 Å². The van der Waals surface area contributed by atoms with E-state index in [-0.39, 0.29) is 6.61 Å². The highest BCUT2D eigenvalue weighted by Crippen LogP contribution is 2.28. The van der Waals surface area contributed by atoms with Crippen LogP contribution in [-0.2, 0) is 11.3 Å². The Balaban J connectivity index is 2.05. The van der Waals surface area contributed by atoms with Gasteiger partial charge in [-0.05, 0) is 49.7 Å². The Hall–Kier alpha value is -3.00. The number of esters is 1. The fourth-order valence-corrected chi connectivity index (χ4v) is 2.09. The van der Waals surface area contributed by atoms with Crippen LogP contribution in [0.5, 0.6) is 11.5 Å². The van der Waals surface area contributed by atoms with Gasteiger partial charge in [0.05, 0.1) is 30.4 Å². The smallest absolute Gasteiger partial charge is 0.338 e. The first kappa shape index (κ1) is 17.4. The molecule has 0 aliphatic heterocycles. The second-order valence-electron chi connectivity index (χ2n) is 4.91. The number of hydrogen-bond donors (Lipinski definition) is 0. The maximum atomic E-state index is 12.2. The minimum atomic E-state index is -0.441. The van der Waals surface area contributed by atoms with Crippen LogP contribution in [0.3, 0.4) is 0 Å². The van der Waals surface area contributed by atoms with Crippen molar-refractivity contribution < 1.29 is 19.0 Å². The number of carbonyl (C=O) groups excluding carboxylic acids is 1. The Morgan fingerprint density at radius 1 is 1.00 bits per heavy atom. The van der Waals surface area contributed by atoms with E-state index in [4.69, 9.17) is 19.5 Å². The number of ether oxygens (including phenoxy) is 3. The van der Waals surface area contributed by atoms with E-state index in [2.05, 4.69) is 0 Å². The van der Waals surface area contributed by atoms with Crippen molar-refractivity contribution in [2.75, 3.05) is 13.2 Å². The van der Waals surface area contributed by atoms with Crippen molar-refractivity contribution >= 4 is 5.97 Å². The highest BCUT2D eigenvalue weighted by molar-refractivity contribution is 5.90. The molecule has 0 spiro atoms. The van der Waals surface area contributed by atoms with Crippen molar-refractivity contribution in [3.05, 3.63) is 59.2 Å². The lowest BCUT2D eigenvalue weighted by molar-refractivity contribution is 0.0472. The van der Waals surface area contributed by atoms with Gasteiger partial charge in [0.15, 0.2) is 11.5 Å². The van der Waals surface area contributed by atoms with E-state index in [1.165, 1.54) is 0 Å². The first-order chi connectivity index (χ1) is 11.7. The number of rotatable bonds is 7. The lowest BCUT2D eigenvalue weighted by Crippen LogP contribution is -2.07. The summed E-state index contributed by atoms with van der Waals surface area (Å²) in [6.45, 7) is 4.88. The van der Waals surface area contributed by atoms with E-state index in [0.717, 1.165) is 5.56 Å². The Morgan fingerprint density at radius 2 is 1.67 bits per heavy atom. The van der Waals surface area contributed by atoms with Crippen molar-refractivity contribution in [1.82, 2.24) is 0 Å². The lowest BCUT2D eigenvalue weighted by Gasteiger charge is -2.12. The Bertz CT molecular complexity index is 732. The zero-order chi connectivity index (χ0) is 17.4. The number of nitrogens with zero attached hydrogens (tertiary/aromatic N) is 1. The minimum absolute atomic E-state index is 0.141. The normalized spacial score (nSPS) is 9.88. The van der Waals surface area contributed by atoms with Crippen LogP contribution in [0.15, 0.2) is 42.5 Å². The fraction of sp³-hybridized carbons (Fsp3) is 0.263. The van der Waals surface area contributed by atoms with E-state index >= 15 is 0 Å². The highest BCUT2D eigenvalue weighted by Gasteiger charge is 2.13. The zero-order valence-electron chi connectivity index (χ0n) is 13.7. The van der Waals surface area contributed by atoms with E-state index in [1.807, 2.05) is 19.9 Å². The molecule has 24 heavy (non-hydrogen) atoms. The van der Waals surface area contributed by atoms with Crippen molar-refractivity contribution in [2.45, 2.75) is 20.5 Å². The molecule has 2 aromatic carbocycles. The van der Waals surface area contributed by atoms with E-state index in [9.17, 15) is 4.79 Å². The van der Waals surface area contributed by atoms with Gasteiger partial charge in [-0.3, -0.25) is 0 Å². The maximum Gasteiger partial charge on any atom is 0.338 e. The number of benzene rings is 2. The first-order valence-electron chi connectivity index (χ1n) is 7.73. The van der Waals surface area contributed by atoms with Crippen LogP contribution in [0, 0.1) is 11.3 Å². The Kier molecular flexibility index (Phi) is 6.21. The van der Waals surface area contributed by atoms with E-state index < -0.39 is 5.97 Å². The van der Waals surface area contributed by atoms with Gasteiger partial charge in [0.2, 0.25) is 0 Å². The topological polar surface area (TPSA) is 68.5 Å². The summed E-state index contributed by atoms with van der Waals surface area (Å²) in [5, 5.41) is 8.77. The third kappa shape index (κ3) is 4.50. The highest BCUT2D eigenvalue weighted by atomic mass is 16.5. The molecule has 2 aromatic rings. The quantitative estimate of drug-likeness (QED) is 0.726. The summed E-state index contributed by atoms with van der Waals surface area (Å²) in [6.07, 6.45) is 0. The van der Waals surface area contributed by atoms with Crippen LogP contribution in [-0.4, -0.2) is 19.2 Å². The van der Waals surface area contributed by atoms with Gasteiger partial charge in [0, 0.05) is 0 Å². The monoisotopic (exact) mass is 325 g/mol. The molecule has 0 heterocycles. The molecule has 0 unspecified atom stereocenters. The van der Waals surface area contributed by atoms with Crippen LogP contribution in [0.25, 0.3) is 0 Å². The van der Waals surface area contributed by atoms with Gasteiger partial charge in [-0.1, -0.05) is 12.1 Å². The number of nitriles is 1. The molecule has 0 amide bonds. The second-order valence-corrected chi connectivity index (χ2v) is 4.91. The number of carbonyl (C=O) groups is 1. The molecular weight excluding hydrogens is 306 g/mol. The predicted molar refractivity (Wildman–Crippen MR) is 89.1 cm³/mol. The lowest BCUT2D eigenvalue weighted by atomic mass is 10.1. The summed E-state index contributed by atoms with van der Waals surface area (Å²) in [6, 6.07) is 13.9. The van der Waals surface area contributed by atoms with Crippen LogP contribution in [0.1, 0.15) is 35.3 Å². The van der Waals surface area contributed by atoms with Gasteiger partial charge in [-0.2, -0.15) is 5.26 Å². The van der Waals surface area contributed by atoms with Gasteiger partial charge in [-0.25, -0.2) is 4.79 Å². The summed E-state index contributed by atoms with van der Waals surface area (Å²) in [5.41, 5.74) is 1.78. The average molecular weight is 325 g/mol. The summed E-state index contributed by atoms with van der Waals surface area (Å²) < 4.78 is 16.3. The molecule has 0 radical (unpaired) electrons. The third-order valence-corrected chi connectivity index (χ3v) is 3.23. The Labute approximate surface area is 141 Å². The fourth-order valence-electron chi connectivity index (χ4n) is 2.09. The summed E-state index contributed by atoms with van der Waals surface area (Å²) >= 11 is 0. The summed E-state index contributed by atoms with van der Waals surface area (Å²) in [7, 11) is 0. The molecular formula is C19H19NO4. The molecule has 0 saturated heterocycles. The standard InChI is InChI=1S/C19H19NO4/c1-3-22-17-10-9-16(11-18(17)23-4-2)19(21)24-13-15-7-5-14(12-20)6-8-15/h5-11H,3-4,13H2,1-2H3. The van der Waals surface area contributed by atoms with Crippen LogP contribution in [0.4, 0.5) is 0 Å². The molecule has 2 rings (SSSR count). The van der Waals surface area contributed by atoms with Crippen molar-refractivity contribution in [3.63, 3.8) is 0 Å². The zero-order valence-corrected chi connectivity index (χ0v) is 13.7. The van der Waals surface area contributed by atoms with E-state index in [0.29, 0.717) is 35.8 Å². The summed E-state index contributed by atoms with van der Waals surface area (Å²) in [5.74, 6) is 0.679. The SMILES string of the molecule is CCOc1ccc(C(=O)OCc2ccc(C#N)cc2)cc1OCC. The van der Waals surface area contributed by atoms with Gasteiger partial charge in [0.1, 0.15) is 6.61 Å². The van der Waals surface area contributed by atoms with Gasteiger partial charge < -0.3 is 14.2 Å². The Morgan fingerprint density at radius 3 is 2.29 bits per heavy atom. The largest absolute Gasteiger partial charge is 0.490 e. The molecule has 5 nitrogen and oxygen atoms in total. The minimum Gasteiger partial charge on any atom is -0.490 e. The second kappa shape index (κ2) is 8.59. The molecule has 0 atom stereocenters. The molecule has 0 bridgehead atoms. The van der Waals surface area contributed by atoms with Crippen molar-refractivity contribution in [1.29, 1.82) is 5.26 Å². The van der Waals surface area contributed by atoms with Crippen LogP contribution < -0.4 is 9.47 Å². The summed E-state index contributed by atoms with van der Waals surface area (Å²) in [4.78, 5) is 12.2. The predicted octanol–water partition coefficient (Wildman–Crippen LogP) is 3.71. The van der Waals surface area contributed by atoms with Crippen LogP contribution >= 0.6 is 0 Å². The molecule has 5 heteroatoms. The van der Waals surface area contributed by atoms with Crippen LogP contribution in [0.2, 0.25) is 0 Å². The van der Waals surface area contributed by atoms with Gasteiger partial charge in [-0.15, -0.1) is 0 Å². The van der Waals surface area contributed by atoms with Crippen molar-refractivity contribution in [3.8, 4) is 17.6 Å². The molecule has 0 fully saturated rings. The van der Waals surface area contributed by atoms with Gasteiger partial charge in [0.25, 0.3) is 0 Å². The third-order valence-electron chi connectivity index (χ3n) is 3.23. The maximum absolute atomic E-state index is 12.2.